The molecule has 0 amide bonds. The maximum absolute atomic E-state index is 13.2. The summed E-state index contributed by atoms with van der Waals surface area (Å²) in [6.45, 7) is 5.39. The number of anilines is 1. The van der Waals surface area contributed by atoms with Crippen molar-refractivity contribution in [2.24, 2.45) is 0 Å². The Morgan fingerprint density at radius 2 is 2.09 bits per heavy atom. The number of aromatic carboxylic acids is 1. The van der Waals surface area contributed by atoms with Crippen LogP contribution in [0.4, 0.5) is 18.9 Å². The van der Waals surface area contributed by atoms with Crippen LogP contribution in [0.5, 0.6) is 0 Å². The van der Waals surface area contributed by atoms with E-state index in [1.165, 1.54) is 24.4 Å². The van der Waals surface area contributed by atoms with Crippen molar-refractivity contribution < 1.29 is 23.1 Å². The van der Waals surface area contributed by atoms with Crippen LogP contribution in [0.15, 0.2) is 24.9 Å². The van der Waals surface area contributed by atoms with Gasteiger partial charge >= 0.3 is 12.1 Å². The molecule has 0 atom stereocenters. The minimum Gasteiger partial charge on any atom is -0.478 e. The zero-order valence-corrected chi connectivity index (χ0v) is 12.2. The topological polar surface area (TPSA) is 81.1 Å². The summed E-state index contributed by atoms with van der Waals surface area (Å²) >= 11 is 0. The summed E-state index contributed by atoms with van der Waals surface area (Å²) < 4.78 is 40.7. The van der Waals surface area contributed by atoms with E-state index in [0.29, 0.717) is 5.56 Å². The van der Waals surface area contributed by atoms with Crippen molar-refractivity contribution in [2.75, 3.05) is 5.73 Å². The largest absolute Gasteiger partial charge is 0.478 e. The van der Waals surface area contributed by atoms with Crippen molar-refractivity contribution in [3.63, 3.8) is 0 Å². The second kappa shape index (κ2) is 5.79. The first-order chi connectivity index (χ1) is 10.7. The Labute approximate surface area is 129 Å². The van der Waals surface area contributed by atoms with Crippen molar-refractivity contribution in [3.8, 4) is 11.1 Å². The lowest BCUT2D eigenvalue weighted by Crippen LogP contribution is -2.10. The van der Waals surface area contributed by atoms with Crippen LogP contribution in [-0.2, 0) is 12.7 Å². The third kappa shape index (κ3) is 3.05. The maximum atomic E-state index is 13.2. The monoisotopic (exact) mass is 325 g/mol. The molecule has 0 bridgehead atoms. The lowest BCUT2D eigenvalue weighted by Gasteiger charge is -2.12. The van der Waals surface area contributed by atoms with Gasteiger partial charge in [-0.1, -0.05) is 12.7 Å². The van der Waals surface area contributed by atoms with E-state index in [9.17, 15) is 23.1 Å². The number of alkyl halides is 3. The molecule has 1 aromatic heterocycles. The summed E-state index contributed by atoms with van der Waals surface area (Å²) in [6.07, 6.45) is -2.14. The van der Waals surface area contributed by atoms with Gasteiger partial charge in [0, 0.05) is 23.9 Å². The molecule has 0 spiro atoms. The van der Waals surface area contributed by atoms with Crippen LogP contribution >= 0.6 is 0 Å². The number of nitrogen functional groups attached to an aromatic ring is 1. The fourth-order valence-electron chi connectivity index (χ4n) is 2.18. The number of nitrogens with zero attached hydrogens (tertiary/aromatic N) is 2. The molecule has 3 N–H and O–H groups in total. The highest BCUT2D eigenvalue weighted by molar-refractivity contribution is 5.99. The predicted molar refractivity (Wildman–Crippen MR) is 79.8 cm³/mol. The van der Waals surface area contributed by atoms with E-state index in [1.807, 2.05) is 0 Å². The van der Waals surface area contributed by atoms with Crippen LogP contribution in [0.1, 0.15) is 28.5 Å². The van der Waals surface area contributed by atoms with Crippen LogP contribution < -0.4 is 5.73 Å². The molecular weight excluding hydrogens is 311 g/mol. The number of carbonyl (C=O) groups is 1. The molecular formula is C15H14F3N3O2. The number of carboxylic acids is 1. The number of carboxylic acid groups (broad SMARTS) is 1. The molecule has 0 radical (unpaired) electrons. The highest BCUT2D eigenvalue weighted by Crippen LogP contribution is 2.39. The number of hydrogen-bond donors (Lipinski definition) is 2. The first-order valence-electron chi connectivity index (χ1n) is 6.63. The van der Waals surface area contributed by atoms with Crippen LogP contribution in [0.3, 0.4) is 0 Å². The summed E-state index contributed by atoms with van der Waals surface area (Å²) in [5.74, 6) is -1.33. The zero-order valence-electron chi connectivity index (χ0n) is 12.2. The van der Waals surface area contributed by atoms with Gasteiger partial charge in [0.25, 0.3) is 0 Å². The van der Waals surface area contributed by atoms with E-state index in [1.54, 1.807) is 6.92 Å². The van der Waals surface area contributed by atoms with Crippen molar-refractivity contribution in [2.45, 2.75) is 19.6 Å². The van der Waals surface area contributed by atoms with Gasteiger partial charge in [-0.05, 0) is 24.6 Å². The first kappa shape index (κ1) is 16.6. The minimum absolute atomic E-state index is 0.0353. The molecule has 0 fully saturated rings. The molecule has 1 heterocycles. The predicted octanol–water partition coefficient (Wildman–Crippen LogP) is 3.51. The normalized spacial score (nSPS) is 11.5. The van der Waals surface area contributed by atoms with E-state index < -0.39 is 17.8 Å². The molecule has 0 unspecified atom stereocenters. The second-order valence-corrected chi connectivity index (χ2v) is 4.78. The average Bonchev–Trinajstić information content (AvgIpc) is 2.91. The molecule has 5 nitrogen and oxygen atoms in total. The average molecular weight is 325 g/mol. The molecule has 0 aliphatic heterocycles. The quantitative estimate of drug-likeness (QED) is 0.843. The Morgan fingerprint density at radius 3 is 2.57 bits per heavy atom. The fourth-order valence-corrected chi connectivity index (χ4v) is 2.18. The molecule has 2 aromatic rings. The SMILES string of the molecule is C=Cc1cc(C(=O)O)c(N)c(-c2cn(CC)nc2C(F)(F)F)c1. The standard InChI is InChI=1S/C15H14F3N3O2/c1-3-8-5-9(12(19)10(6-8)14(22)23)11-7-21(4-2)20-13(11)15(16,17)18/h3,5-7H,1,4,19H2,2H3,(H,22,23). The van der Waals surface area contributed by atoms with Crippen LogP contribution in [-0.4, -0.2) is 20.9 Å². The first-order valence-corrected chi connectivity index (χ1v) is 6.63. The van der Waals surface area contributed by atoms with E-state index >= 15 is 0 Å². The van der Waals surface area contributed by atoms with Gasteiger partial charge in [-0.2, -0.15) is 18.3 Å². The number of rotatable bonds is 4. The third-order valence-electron chi connectivity index (χ3n) is 3.31. The number of hydrogen-bond acceptors (Lipinski definition) is 3. The molecule has 0 aliphatic rings. The van der Waals surface area contributed by atoms with Gasteiger partial charge in [-0.25, -0.2) is 4.79 Å². The van der Waals surface area contributed by atoms with Gasteiger partial charge in [0.05, 0.1) is 11.3 Å². The Kier molecular flexibility index (Phi) is 4.18. The molecule has 2 rings (SSSR count). The molecule has 0 aliphatic carbocycles. The van der Waals surface area contributed by atoms with Crippen LogP contribution in [0.25, 0.3) is 17.2 Å². The molecule has 23 heavy (non-hydrogen) atoms. The van der Waals surface area contributed by atoms with Gasteiger partial charge in [0.2, 0.25) is 0 Å². The third-order valence-corrected chi connectivity index (χ3v) is 3.31. The van der Waals surface area contributed by atoms with E-state index in [4.69, 9.17) is 5.73 Å². The minimum atomic E-state index is -4.68. The van der Waals surface area contributed by atoms with Crippen molar-refractivity contribution in [3.05, 3.63) is 41.7 Å². The summed E-state index contributed by atoms with van der Waals surface area (Å²) in [7, 11) is 0. The van der Waals surface area contributed by atoms with E-state index in [2.05, 4.69) is 11.7 Å². The smallest absolute Gasteiger partial charge is 0.435 e. The Morgan fingerprint density at radius 1 is 1.43 bits per heavy atom. The molecule has 1 aromatic carbocycles. The molecule has 8 heteroatoms. The Hall–Kier alpha value is -2.77. The zero-order chi connectivity index (χ0) is 17.4. The van der Waals surface area contributed by atoms with Gasteiger partial charge < -0.3 is 10.8 Å². The van der Waals surface area contributed by atoms with Crippen molar-refractivity contribution in [1.82, 2.24) is 9.78 Å². The summed E-state index contributed by atoms with van der Waals surface area (Å²) in [5.41, 5.74) is 4.20. The number of benzene rings is 1. The molecule has 0 saturated heterocycles. The van der Waals surface area contributed by atoms with E-state index in [0.717, 1.165) is 4.68 Å². The van der Waals surface area contributed by atoms with E-state index in [-0.39, 0.29) is 28.9 Å². The van der Waals surface area contributed by atoms with Crippen molar-refractivity contribution in [1.29, 1.82) is 0 Å². The molecule has 122 valence electrons. The number of halogens is 3. The lowest BCUT2D eigenvalue weighted by molar-refractivity contribution is -0.141. The molecule has 0 saturated carbocycles. The maximum Gasteiger partial charge on any atom is 0.435 e. The fraction of sp³-hybridized carbons (Fsp3) is 0.200. The van der Waals surface area contributed by atoms with Gasteiger partial charge in [-0.3, -0.25) is 4.68 Å². The number of nitrogens with two attached hydrogens (primary N) is 1. The Bertz CT molecular complexity index is 779. The summed E-state index contributed by atoms with van der Waals surface area (Å²) in [6, 6.07) is 2.62. The second-order valence-electron chi connectivity index (χ2n) is 4.78. The number of aromatic nitrogens is 2. The van der Waals surface area contributed by atoms with Crippen LogP contribution in [0, 0.1) is 0 Å². The summed E-state index contributed by atoms with van der Waals surface area (Å²) in [4.78, 5) is 11.3. The number of aryl methyl sites for hydroxylation is 1. The van der Waals surface area contributed by atoms with Gasteiger partial charge in [-0.15, -0.1) is 0 Å². The highest BCUT2D eigenvalue weighted by atomic mass is 19.4. The van der Waals surface area contributed by atoms with Crippen molar-refractivity contribution >= 4 is 17.7 Å². The van der Waals surface area contributed by atoms with Crippen LogP contribution in [0.2, 0.25) is 0 Å². The van der Waals surface area contributed by atoms with Gasteiger partial charge in [0.1, 0.15) is 0 Å². The summed E-state index contributed by atoms with van der Waals surface area (Å²) in [5, 5.41) is 12.7. The highest BCUT2D eigenvalue weighted by Gasteiger charge is 2.38. The lowest BCUT2D eigenvalue weighted by atomic mass is 9.97. The Balaban J connectivity index is 2.81. The van der Waals surface area contributed by atoms with Gasteiger partial charge in [0.15, 0.2) is 5.69 Å².